The Morgan fingerprint density at radius 2 is 1.75 bits per heavy atom. The van der Waals surface area contributed by atoms with Crippen LogP contribution in [-0.2, 0) is 4.79 Å². The lowest BCUT2D eigenvalue weighted by atomic mass is 10.1. The number of thioether (sulfide) groups is 1. The minimum absolute atomic E-state index is 0.201. The summed E-state index contributed by atoms with van der Waals surface area (Å²) in [6.45, 7) is 1.77. The molecule has 0 N–H and O–H groups in total. The lowest BCUT2D eigenvalue weighted by molar-refractivity contribution is -0.128. The van der Waals surface area contributed by atoms with Crippen LogP contribution in [0.1, 0.15) is 25.7 Å². The molecule has 28 heavy (non-hydrogen) atoms. The van der Waals surface area contributed by atoms with Gasteiger partial charge in [0.05, 0.1) is 17.1 Å². The first-order valence-corrected chi connectivity index (χ1v) is 10.6. The molecule has 1 saturated heterocycles. The summed E-state index contributed by atoms with van der Waals surface area (Å²) in [4.78, 5) is 14.4. The summed E-state index contributed by atoms with van der Waals surface area (Å²) >= 11 is 1.46. The zero-order chi connectivity index (χ0) is 19.2. The number of likely N-dealkylation sites (tertiary alicyclic amines) is 1. The first-order valence-electron chi connectivity index (χ1n) is 9.64. The Morgan fingerprint density at radius 1 is 0.964 bits per heavy atom. The Morgan fingerprint density at radius 3 is 2.39 bits per heavy atom. The molecule has 0 atom stereocenters. The Bertz CT molecular complexity index is 886. The molecule has 144 valence electrons. The second kappa shape index (κ2) is 9.01. The number of amides is 1. The summed E-state index contributed by atoms with van der Waals surface area (Å²) < 4.78 is 1.82. The SMILES string of the molecule is O=C(CSc1ccc(-c2ccc(-n3cccn3)cc2)nn1)N1CCCCCC1. The lowest BCUT2D eigenvalue weighted by Gasteiger charge is -2.19. The maximum atomic E-state index is 12.4. The molecule has 6 nitrogen and oxygen atoms in total. The Balaban J connectivity index is 1.35. The number of carbonyl (C=O) groups excluding carboxylic acids is 1. The molecule has 1 fully saturated rings. The molecule has 7 heteroatoms. The maximum absolute atomic E-state index is 12.4. The van der Waals surface area contributed by atoms with Gasteiger partial charge in [0, 0.05) is 31.0 Å². The van der Waals surface area contributed by atoms with Gasteiger partial charge in [-0.15, -0.1) is 10.2 Å². The molecular formula is C21H23N5OS. The highest BCUT2D eigenvalue weighted by molar-refractivity contribution is 7.99. The average molecular weight is 394 g/mol. The van der Waals surface area contributed by atoms with E-state index in [2.05, 4.69) is 15.3 Å². The van der Waals surface area contributed by atoms with Crippen molar-refractivity contribution in [2.24, 2.45) is 0 Å². The van der Waals surface area contributed by atoms with Crippen molar-refractivity contribution in [2.75, 3.05) is 18.8 Å². The van der Waals surface area contributed by atoms with Gasteiger partial charge in [-0.2, -0.15) is 5.10 Å². The molecule has 4 rings (SSSR count). The van der Waals surface area contributed by atoms with E-state index < -0.39 is 0 Å². The minimum atomic E-state index is 0.201. The van der Waals surface area contributed by atoms with Gasteiger partial charge in [0.2, 0.25) is 5.91 Å². The maximum Gasteiger partial charge on any atom is 0.232 e. The third-order valence-corrected chi connectivity index (χ3v) is 5.78. The molecule has 1 aliphatic heterocycles. The smallest absolute Gasteiger partial charge is 0.232 e. The van der Waals surface area contributed by atoms with E-state index in [0.29, 0.717) is 5.75 Å². The molecule has 2 aromatic heterocycles. The molecule has 1 aliphatic rings. The number of aromatic nitrogens is 4. The normalized spacial score (nSPS) is 14.6. The van der Waals surface area contributed by atoms with Crippen LogP contribution in [0.2, 0.25) is 0 Å². The van der Waals surface area contributed by atoms with E-state index in [4.69, 9.17) is 0 Å². The predicted octanol–water partition coefficient (Wildman–Crippen LogP) is 3.82. The van der Waals surface area contributed by atoms with E-state index >= 15 is 0 Å². The summed E-state index contributed by atoms with van der Waals surface area (Å²) in [5.74, 6) is 0.624. The Kier molecular flexibility index (Phi) is 6.01. The van der Waals surface area contributed by atoms with E-state index in [0.717, 1.165) is 47.9 Å². The van der Waals surface area contributed by atoms with Gasteiger partial charge in [-0.05, 0) is 43.2 Å². The number of benzene rings is 1. The van der Waals surface area contributed by atoms with Crippen molar-refractivity contribution in [3.63, 3.8) is 0 Å². The largest absolute Gasteiger partial charge is 0.342 e. The summed E-state index contributed by atoms with van der Waals surface area (Å²) in [6.07, 6.45) is 8.36. The Labute approximate surface area is 169 Å². The van der Waals surface area contributed by atoms with E-state index in [1.165, 1.54) is 24.6 Å². The van der Waals surface area contributed by atoms with Crippen molar-refractivity contribution >= 4 is 17.7 Å². The van der Waals surface area contributed by atoms with Crippen LogP contribution >= 0.6 is 11.8 Å². The topological polar surface area (TPSA) is 63.9 Å². The van der Waals surface area contributed by atoms with Crippen molar-refractivity contribution in [3.8, 4) is 16.9 Å². The fourth-order valence-electron chi connectivity index (χ4n) is 3.30. The highest BCUT2D eigenvalue weighted by atomic mass is 32.2. The molecular weight excluding hydrogens is 370 g/mol. The van der Waals surface area contributed by atoms with Gasteiger partial charge in [-0.25, -0.2) is 4.68 Å². The van der Waals surface area contributed by atoms with Crippen LogP contribution in [0.5, 0.6) is 0 Å². The first kappa shape index (κ1) is 18.7. The fourth-order valence-corrected chi connectivity index (χ4v) is 4.02. The van der Waals surface area contributed by atoms with Crippen molar-refractivity contribution in [3.05, 3.63) is 54.9 Å². The van der Waals surface area contributed by atoms with Gasteiger partial charge in [-0.3, -0.25) is 4.79 Å². The van der Waals surface area contributed by atoms with E-state index in [-0.39, 0.29) is 5.91 Å². The Hall–Kier alpha value is -2.67. The fraction of sp³-hybridized carbons (Fsp3) is 0.333. The second-order valence-electron chi connectivity index (χ2n) is 6.84. The number of rotatable bonds is 5. The molecule has 0 spiro atoms. The molecule has 1 amide bonds. The van der Waals surface area contributed by atoms with Crippen LogP contribution in [-0.4, -0.2) is 49.6 Å². The molecule has 1 aromatic carbocycles. The van der Waals surface area contributed by atoms with Crippen molar-refractivity contribution in [1.82, 2.24) is 24.9 Å². The van der Waals surface area contributed by atoms with Crippen LogP contribution in [0.15, 0.2) is 59.9 Å². The molecule has 3 aromatic rings. The predicted molar refractivity (Wildman–Crippen MR) is 110 cm³/mol. The van der Waals surface area contributed by atoms with Crippen molar-refractivity contribution in [2.45, 2.75) is 30.7 Å². The molecule has 0 radical (unpaired) electrons. The molecule has 0 unspecified atom stereocenters. The minimum Gasteiger partial charge on any atom is -0.342 e. The zero-order valence-electron chi connectivity index (χ0n) is 15.7. The van der Waals surface area contributed by atoms with Gasteiger partial charge < -0.3 is 4.90 Å². The monoisotopic (exact) mass is 393 g/mol. The summed E-state index contributed by atoms with van der Waals surface area (Å²) in [5, 5.41) is 13.6. The third-order valence-electron chi connectivity index (χ3n) is 4.87. The summed E-state index contributed by atoms with van der Waals surface area (Å²) in [5.41, 5.74) is 2.82. The van der Waals surface area contributed by atoms with E-state index in [1.807, 2.05) is 58.2 Å². The van der Waals surface area contributed by atoms with Gasteiger partial charge in [0.25, 0.3) is 0 Å². The number of hydrogen-bond donors (Lipinski definition) is 0. The van der Waals surface area contributed by atoms with Crippen LogP contribution in [0.25, 0.3) is 16.9 Å². The number of nitrogens with zero attached hydrogens (tertiary/aromatic N) is 5. The van der Waals surface area contributed by atoms with Crippen LogP contribution in [0.4, 0.5) is 0 Å². The second-order valence-corrected chi connectivity index (χ2v) is 7.83. The number of carbonyl (C=O) groups is 1. The van der Waals surface area contributed by atoms with Crippen LogP contribution in [0.3, 0.4) is 0 Å². The molecule has 3 heterocycles. The van der Waals surface area contributed by atoms with Gasteiger partial charge >= 0.3 is 0 Å². The highest BCUT2D eigenvalue weighted by Gasteiger charge is 2.16. The molecule has 0 saturated carbocycles. The van der Waals surface area contributed by atoms with Gasteiger partial charge in [0.15, 0.2) is 0 Å². The molecule has 0 aliphatic carbocycles. The van der Waals surface area contributed by atoms with Crippen molar-refractivity contribution < 1.29 is 4.79 Å². The standard InChI is InChI=1S/C21H23N5OS/c27-21(25-13-3-1-2-4-14-25)16-28-20-11-10-19(23-24-20)17-6-8-18(9-7-17)26-15-5-12-22-26/h5-12,15H,1-4,13-14,16H2. The zero-order valence-corrected chi connectivity index (χ0v) is 16.5. The van der Waals surface area contributed by atoms with Gasteiger partial charge in [-0.1, -0.05) is 36.7 Å². The van der Waals surface area contributed by atoms with Gasteiger partial charge in [0.1, 0.15) is 5.03 Å². The summed E-state index contributed by atoms with van der Waals surface area (Å²) in [7, 11) is 0. The van der Waals surface area contributed by atoms with Crippen LogP contribution < -0.4 is 0 Å². The quantitative estimate of drug-likeness (QED) is 0.617. The number of hydrogen-bond acceptors (Lipinski definition) is 5. The highest BCUT2D eigenvalue weighted by Crippen LogP contribution is 2.22. The molecule has 0 bridgehead atoms. The first-order chi connectivity index (χ1) is 13.8. The summed E-state index contributed by atoms with van der Waals surface area (Å²) in [6, 6.07) is 13.8. The lowest BCUT2D eigenvalue weighted by Crippen LogP contribution is -2.33. The van der Waals surface area contributed by atoms with Crippen molar-refractivity contribution in [1.29, 1.82) is 0 Å². The third kappa shape index (κ3) is 4.59. The van der Waals surface area contributed by atoms with Crippen LogP contribution in [0, 0.1) is 0 Å². The average Bonchev–Trinajstić information content (AvgIpc) is 3.15. The van der Waals surface area contributed by atoms with E-state index in [1.54, 1.807) is 6.20 Å². The van der Waals surface area contributed by atoms with E-state index in [9.17, 15) is 4.79 Å².